The molecule has 0 bridgehead atoms. The van der Waals surface area contributed by atoms with E-state index in [2.05, 4.69) is 64.7 Å². The molecule has 71 heavy (non-hydrogen) atoms. The van der Waals surface area contributed by atoms with Crippen LogP contribution in [0, 0.1) is 19.8 Å². The van der Waals surface area contributed by atoms with Crippen molar-refractivity contribution in [2.75, 3.05) is 0 Å². The summed E-state index contributed by atoms with van der Waals surface area (Å²) < 4.78 is 116. The number of aromatic nitrogens is 3. The van der Waals surface area contributed by atoms with Crippen molar-refractivity contribution in [1.29, 1.82) is 0 Å². The fourth-order valence-electron chi connectivity index (χ4n) is 9.07. The van der Waals surface area contributed by atoms with E-state index in [9.17, 15) is 10.6 Å². The van der Waals surface area contributed by atoms with Gasteiger partial charge in [0, 0.05) is 46.7 Å². The summed E-state index contributed by atoms with van der Waals surface area (Å²) in [4.78, 5) is 9.90. The molecular formula is C66H68N3OPt-. The number of para-hydroxylation sites is 1. The van der Waals surface area contributed by atoms with Gasteiger partial charge in [-0.2, -0.15) is 0 Å². The zero-order chi connectivity index (χ0) is 61.2. The molecule has 0 radical (unpaired) electrons. The number of pyridine rings is 1. The van der Waals surface area contributed by atoms with Crippen LogP contribution in [0.2, 0.25) is 0 Å². The fraction of sp³-hybridized carbons (Fsp3) is 0.273. The predicted molar refractivity (Wildman–Crippen MR) is 296 cm³/mol. The molecule has 4 nitrogen and oxygen atoms in total. The van der Waals surface area contributed by atoms with Gasteiger partial charge in [-0.15, -0.1) is 29.3 Å². The van der Waals surface area contributed by atoms with Crippen LogP contribution < -0.4 is 0 Å². The maximum atomic E-state index is 12.7. The first kappa shape index (κ1) is 36.6. The second-order valence-corrected chi connectivity index (χ2v) is 22.3. The van der Waals surface area contributed by atoms with Gasteiger partial charge in [-0.3, -0.25) is 9.55 Å². The van der Waals surface area contributed by atoms with E-state index in [1.54, 1.807) is 12.1 Å². The second kappa shape index (κ2) is 19.0. The normalized spacial score (nSPS) is 15.3. The van der Waals surface area contributed by atoms with E-state index in [0.29, 0.717) is 44.5 Å². The summed E-state index contributed by atoms with van der Waals surface area (Å²) in [7, 11) is 0. The van der Waals surface area contributed by atoms with Crippen LogP contribution in [-0.2, 0) is 42.7 Å². The first-order valence-corrected chi connectivity index (χ1v) is 23.7. The minimum absolute atomic E-state index is 0. The third-order valence-electron chi connectivity index (χ3n) is 12.9. The number of hydrogen-bond donors (Lipinski definition) is 1. The molecule has 0 aliphatic carbocycles. The van der Waals surface area contributed by atoms with Crippen molar-refractivity contribution in [2.45, 2.75) is 118 Å². The number of benzene rings is 7. The van der Waals surface area contributed by atoms with Crippen molar-refractivity contribution in [3.05, 3.63) is 191 Å². The number of phenols is 1. The molecule has 0 amide bonds. The third kappa shape index (κ3) is 10.1. The Hall–Kier alpha value is -6.35. The summed E-state index contributed by atoms with van der Waals surface area (Å²) in [6.07, 6.45) is -0.634. The Labute approximate surface area is 455 Å². The zero-order valence-corrected chi connectivity index (χ0v) is 44.8. The number of aromatic hydroxyl groups is 1. The summed E-state index contributed by atoms with van der Waals surface area (Å²) in [6, 6.07) is 33.9. The first-order valence-electron chi connectivity index (χ1n) is 30.2. The van der Waals surface area contributed by atoms with E-state index in [-0.39, 0.29) is 54.9 Å². The summed E-state index contributed by atoms with van der Waals surface area (Å²) in [5.74, 6) is 0.246. The van der Waals surface area contributed by atoms with Crippen molar-refractivity contribution >= 4 is 11.0 Å². The van der Waals surface area contributed by atoms with Crippen LogP contribution in [0.25, 0.3) is 83.9 Å². The molecule has 1 N–H and O–H groups in total. The molecule has 0 unspecified atom stereocenters. The van der Waals surface area contributed by atoms with Gasteiger partial charge >= 0.3 is 0 Å². The van der Waals surface area contributed by atoms with Crippen LogP contribution in [0.5, 0.6) is 5.75 Å². The smallest absolute Gasteiger partial charge is 0.148 e. The molecule has 364 valence electrons. The first-order chi connectivity index (χ1) is 38.3. The van der Waals surface area contributed by atoms with Crippen LogP contribution in [0.15, 0.2) is 152 Å². The van der Waals surface area contributed by atoms with E-state index in [4.69, 9.17) is 17.3 Å². The van der Waals surface area contributed by atoms with Crippen LogP contribution in [0.4, 0.5) is 0 Å². The monoisotopic (exact) mass is 1130 g/mol. The molecule has 0 fully saturated rings. The molecule has 0 aliphatic rings. The second-order valence-electron chi connectivity index (χ2n) is 22.3. The van der Waals surface area contributed by atoms with Gasteiger partial charge in [-0.05, 0) is 116 Å². The average molecular weight is 1130 g/mol. The minimum Gasteiger partial charge on any atom is -0.507 e. The maximum absolute atomic E-state index is 12.7. The maximum Gasteiger partial charge on any atom is 0.148 e. The molecule has 9 rings (SSSR count). The number of rotatable bonds is 7. The SMILES string of the molecule is [2H]c1nc(-c2[c-]c(-c3cccc4c3nc(-c3cc(C(C)(C)C)cc(C(C)(C)C)c3O)n4-c3ccc(-c4c(-c5ccccc5)cccc4C(C)(C)C)cc3C([2H])([2H])[2H])cc(C(C)(C)C)c2)c([2H])c(-c2c([2H])c([2H])c(C([2H])([2H])[2H])c([2H])c2[2H])c1[2H].[Pt]. The molecule has 2 aromatic heterocycles. The number of phenolic OH excluding ortho intramolecular Hbond substituents is 1. The van der Waals surface area contributed by atoms with Crippen molar-refractivity contribution in [3.63, 3.8) is 0 Å². The molecule has 0 atom stereocenters. The third-order valence-corrected chi connectivity index (χ3v) is 12.9. The topological polar surface area (TPSA) is 50.9 Å². The standard InChI is InChI=1S/C66H68N3O.Pt/c1-41-26-28-43(29-27-41)45-32-33-67-56(38-45)48-35-47(36-49(37-48)63(3,4)5)52-23-19-25-58-60(52)68-62(53-39-50(64(6,7)8)40-55(61(53)70)66(12,13)14)69(58)57-31-30-46(34-42(57)2)59-51(44-20-16-15-17-21-44)22-18-24-54(59)65(9,10)11;/h15-34,36-40,70H,1-14H3;/q-1;/i1D3,2D3,26D,27D,28D,29D,32D,33D,38D;. The Morgan fingerprint density at radius 1 is 0.563 bits per heavy atom. The Bertz CT molecular complexity index is 4050. The molecule has 0 aliphatic heterocycles. The van der Waals surface area contributed by atoms with Crippen molar-refractivity contribution in [1.82, 2.24) is 14.5 Å². The molecule has 9 aromatic rings. The molecule has 0 saturated heterocycles. The van der Waals surface area contributed by atoms with Gasteiger partial charge in [0.1, 0.15) is 11.6 Å². The largest absolute Gasteiger partial charge is 0.507 e. The predicted octanol–water partition coefficient (Wildman–Crippen LogP) is 17.7. The van der Waals surface area contributed by atoms with Gasteiger partial charge in [0.25, 0.3) is 0 Å². The van der Waals surface area contributed by atoms with E-state index in [1.165, 1.54) is 0 Å². The number of hydrogen-bond acceptors (Lipinski definition) is 3. The summed E-state index contributed by atoms with van der Waals surface area (Å²) >= 11 is 0. The Kier molecular flexibility index (Phi) is 9.78. The van der Waals surface area contributed by atoms with Crippen molar-refractivity contribution in [3.8, 4) is 78.6 Å². The van der Waals surface area contributed by atoms with Crippen LogP contribution in [-0.4, -0.2) is 19.6 Å². The van der Waals surface area contributed by atoms with Crippen LogP contribution >= 0.6 is 0 Å². The Morgan fingerprint density at radius 2 is 1.23 bits per heavy atom. The van der Waals surface area contributed by atoms with Crippen molar-refractivity contribution < 1.29 is 44.0 Å². The number of fused-ring (bicyclic) bond motifs is 1. The van der Waals surface area contributed by atoms with Gasteiger partial charge in [0.15, 0.2) is 0 Å². The fourth-order valence-corrected chi connectivity index (χ4v) is 9.07. The van der Waals surface area contributed by atoms with E-state index < -0.39 is 89.1 Å². The molecule has 7 aromatic carbocycles. The quantitative estimate of drug-likeness (QED) is 0.162. The Balaban J connectivity index is 0.00000920. The van der Waals surface area contributed by atoms with Gasteiger partial charge in [0.2, 0.25) is 0 Å². The minimum atomic E-state index is -3.01. The van der Waals surface area contributed by atoms with E-state index in [1.807, 2.05) is 131 Å². The molecule has 2 heterocycles. The number of nitrogens with zero attached hydrogens (tertiary/aromatic N) is 3. The van der Waals surface area contributed by atoms with Crippen molar-refractivity contribution in [2.24, 2.45) is 0 Å². The summed E-state index contributed by atoms with van der Waals surface area (Å²) in [5, 5.41) is 12.7. The van der Waals surface area contributed by atoms with Gasteiger partial charge < -0.3 is 5.11 Å². The average Bonchev–Trinajstić information content (AvgIpc) is 1.46. The van der Waals surface area contributed by atoms with E-state index >= 15 is 0 Å². The number of imidazole rings is 1. The van der Waals surface area contributed by atoms with Crippen LogP contribution in [0.3, 0.4) is 0 Å². The molecule has 0 saturated carbocycles. The molecular weight excluding hydrogens is 1050 g/mol. The molecule has 5 heteroatoms. The molecule has 0 spiro atoms. The number of aryl methyl sites for hydroxylation is 1. The van der Waals surface area contributed by atoms with E-state index in [0.717, 1.165) is 33.4 Å². The Morgan fingerprint density at radius 3 is 1.89 bits per heavy atom. The van der Waals surface area contributed by atoms with Gasteiger partial charge in [-0.25, -0.2) is 4.98 Å². The van der Waals surface area contributed by atoms with Gasteiger partial charge in [-0.1, -0.05) is 203 Å². The van der Waals surface area contributed by atoms with Gasteiger partial charge in [0.05, 0.1) is 31.9 Å². The van der Waals surface area contributed by atoms with Crippen LogP contribution in [0.1, 0.15) is 134 Å². The summed E-state index contributed by atoms with van der Waals surface area (Å²) in [6.45, 7) is 19.0. The summed E-state index contributed by atoms with van der Waals surface area (Å²) in [5.41, 5.74) is 5.83. The zero-order valence-electron chi connectivity index (χ0n) is 55.5.